The van der Waals surface area contributed by atoms with Crippen molar-refractivity contribution in [3.63, 3.8) is 0 Å². The minimum absolute atomic E-state index is 0.420. The van der Waals surface area contributed by atoms with Crippen LogP contribution >= 0.6 is 0 Å². The summed E-state index contributed by atoms with van der Waals surface area (Å²) in [5.74, 6) is 1.98. The Morgan fingerprint density at radius 2 is 1.84 bits per heavy atom. The van der Waals surface area contributed by atoms with Crippen molar-refractivity contribution in [1.82, 2.24) is 9.97 Å². The molecule has 0 aliphatic heterocycles. The molecular weight excluding hydrogens is 290 g/mol. The molecular formula is C11H23N3O2Si3. The minimum atomic E-state index is -1.70. The molecule has 1 aromatic rings. The Morgan fingerprint density at radius 1 is 1.21 bits per heavy atom. The fourth-order valence-electron chi connectivity index (χ4n) is 1.45. The van der Waals surface area contributed by atoms with Crippen LogP contribution in [0, 0.1) is 0 Å². The van der Waals surface area contributed by atoms with E-state index in [1.165, 1.54) is 0 Å². The van der Waals surface area contributed by atoms with E-state index < -0.39 is 26.0 Å². The van der Waals surface area contributed by atoms with Crippen LogP contribution in [0.3, 0.4) is 0 Å². The summed E-state index contributed by atoms with van der Waals surface area (Å²) in [6, 6.07) is 2.27. The first-order valence-corrected chi connectivity index (χ1v) is 14.6. The number of anilines is 1. The molecule has 106 valence electrons. The summed E-state index contributed by atoms with van der Waals surface area (Å²) in [5.41, 5.74) is 0. The Bertz CT molecular complexity index is 421. The average Bonchev–Trinajstić information content (AvgIpc) is 2.11. The van der Waals surface area contributed by atoms with Gasteiger partial charge in [-0.15, -0.1) is 0 Å². The Kier molecular flexibility index (Phi) is 5.16. The number of hydrogen-bond donors (Lipinski definition) is 1. The van der Waals surface area contributed by atoms with E-state index in [-0.39, 0.29) is 0 Å². The highest BCUT2D eigenvalue weighted by molar-refractivity contribution is 6.79. The van der Waals surface area contributed by atoms with Crippen LogP contribution in [-0.4, -0.2) is 35.9 Å². The molecule has 5 nitrogen and oxygen atoms in total. The Hall–Kier alpha value is -0.869. The van der Waals surface area contributed by atoms with Crippen molar-refractivity contribution in [2.75, 3.05) is 4.98 Å². The molecule has 0 aliphatic rings. The largest absolute Gasteiger partial charge is 0.531 e. The van der Waals surface area contributed by atoms with E-state index in [4.69, 9.17) is 4.43 Å². The number of rotatable bonds is 6. The lowest BCUT2D eigenvalue weighted by atomic mass is 10.5. The smallest absolute Gasteiger partial charge is 0.268 e. The van der Waals surface area contributed by atoms with Crippen LogP contribution in [0.4, 0.5) is 5.82 Å². The average molecular weight is 314 g/mol. The summed E-state index contributed by atoms with van der Waals surface area (Å²) in [6.07, 6.45) is 0. The van der Waals surface area contributed by atoms with Gasteiger partial charge in [-0.05, 0) is 19.6 Å². The van der Waals surface area contributed by atoms with E-state index in [0.29, 0.717) is 17.7 Å². The highest BCUT2D eigenvalue weighted by Gasteiger charge is 2.20. The molecule has 0 amide bonds. The van der Waals surface area contributed by atoms with E-state index in [1.807, 2.05) is 6.07 Å². The third-order valence-electron chi connectivity index (χ3n) is 1.93. The normalized spacial score (nSPS) is 12.1. The monoisotopic (exact) mass is 313 g/mol. The van der Waals surface area contributed by atoms with Gasteiger partial charge < -0.3 is 13.9 Å². The van der Waals surface area contributed by atoms with Crippen LogP contribution in [-0.2, 0) is 10.5 Å². The SMILES string of the molecule is C[Si](C)(C)Nc1cc(O[Si](C)(C)C)nc(C[SiH]=O)n1. The summed E-state index contributed by atoms with van der Waals surface area (Å²) in [5, 5.41) is 0. The van der Waals surface area contributed by atoms with E-state index >= 15 is 0 Å². The molecule has 0 fully saturated rings. The van der Waals surface area contributed by atoms with Crippen LogP contribution in [0.5, 0.6) is 5.88 Å². The maximum Gasteiger partial charge on any atom is 0.268 e. The second-order valence-electron chi connectivity index (χ2n) is 6.47. The van der Waals surface area contributed by atoms with Crippen molar-refractivity contribution in [2.45, 2.75) is 45.3 Å². The fraction of sp³-hybridized carbons (Fsp3) is 0.636. The molecule has 0 saturated carbocycles. The van der Waals surface area contributed by atoms with E-state index in [0.717, 1.165) is 5.82 Å². The first-order chi connectivity index (χ1) is 8.59. The zero-order chi connectivity index (χ0) is 14.7. The summed E-state index contributed by atoms with van der Waals surface area (Å²) in [4.78, 5) is 12.2. The molecule has 1 rings (SSSR count). The van der Waals surface area contributed by atoms with Gasteiger partial charge in [0.05, 0.1) is 0 Å². The molecule has 0 bridgehead atoms. The number of nitrogens with zero attached hydrogens (tertiary/aromatic N) is 2. The van der Waals surface area contributed by atoms with Crippen molar-refractivity contribution in [1.29, 1.82) is 0 Å². The number of aromatic nitrogens is 2. The Balaban J connectivity index is 3.06. The van der Waals surface area contributed by atoms with Crippen molar-refractivity contribution in [2.24, 2.45) is 0 Å². The molecule has 8 heteroatoms. The molecule has 0 unspecified atom stereocenters. The van der Waals surface area contributed by atoms with Gasteiger partial charge in [0.2, 0.25) is 14.2 Å². The van der Waals surface area contributed by atoms with Crippen LogP contribution < -0.4 is 9.41 Å². The topological polar surface area (TPSA) is 64.1 Å². The second-order valence-corrected chi connectivity index (χ2v) is 16.4. The maximum atomic E-state index is 10.9. The number of hydrogen-bond acceptors (Lipinski definition) is 5. The summed E-state index contributed by atoms with van der Waals surface area (Å²) < 4.78 is 16.8. The molecule has 0 atom stereocenters. The molecule has 1 N–H and O–H groups in total. The van der Waals surface area contributed by atoms with Crippen molar-refractivity contribution >= 4 is 31.8 Å². The van der Waals surface area contributed by atoms with E-state index in [1.54, 1.807) is 0 Å². The van der Waals surface area contributed by atoms with Gasteiger partial charge in [-0.1, -0.05) is 19.6 Å². The van der Waals surface area contributed by atoms with E-state index in [9.17, 15) is 4.46 Å². The lowest BCUT2D eigenvalue weighted by Gasteiger charge is -2.22. The zero-order valence-electron chi connectivity index (χ0n) is 12.6. The molecule has 0 radical (unpaired) electrons. The van der Waals surface area contributed by atoms with Crippen molar-refractivity contribution in [3.8, 4) is 5.88 Å². The van der Waals surface area contributed by atoms with Gasteiger partial charge in [0.1, 0.15) is 19.9 Å². The van der Waals surface area contributed by atoms with Gasteiger partial charge in [-0.2, -0.15) is 4.98 Å². The molecule has 1 heterocycles. The molecule has 0 spiro atoms. The summed E-state index contributed by atoms with van der Waals surface area (Å²) >= 11 is 0. The fourth-order valence-corrected chi connectivity index (χ4v) is 3.41. The number of nitrogens with one attached hydrogen (secondary N) is 1. The van der Waals surface area contributed by atoms with Gasteiger partial charge in [-0.25, -0.2) is 4.98 Å². The van der Waals surface area contributed by atoms with Crippen LogP contribution in [0.1, 0.15) is 5.82 Å². The first kappa shape index (κ1) is 16.2. The van der Waals surface area contributed by atoms with Crippen LogP contribution in [0.2, 0.25) is 39.3 Å². The van der Waals surface area contributed by atoms with Gasteiger partial charge in [-0.3, -0.25) is 0 Å². The second kappa shape index (κ2) is 6.06. The zero-order valence-corrected chi connectivity index (χ0v) is 15.7. The van der Waals surface area contributed by atoms with Gasteiger partial charge in [0, 0.05) is 12.1 Å². The van der Waals surface area contributed by atoms with Gasteiger partial charge in [0.15, 0.2) is 0 Å². The van der Waals surface area contributed by atoms with Crippen LogP contribution in [0.25, 0.3) is 0 Å². The van der Waals surface area contributed by atoms with E-state index in [2.05, 4.69) is 54.2 Å². The minimum Gasteiger partial charge on any atom is -0.531 e. The van der Waals surface area contributed by atoms with Crippen molar-refractivity contribution < 1.29 is 8.89 Å². The lowest BCUT2D eigenvalue weighted by molar-refractivity contribution is 0.529. The predicted molar refractivity (Wildman–Crippen MR) is 84.5 cm³/mol. The van der Waals surface area contributed by atoms with Crippen molar-refractivity contribution in [3.05, 3.63) is 11.9 Å². The van der Waals surface area contributed by atoms with Crippen LogP contribution in [0.15, 0.2) is 6.07 Å². The molecule has 0 saturated heterocycles. The Labute approximate surface area is 119 Å². The quantitative estimate of drug-likeness (QED) is 0.816. The first-order valence-electron chi connectivity index (χ1n) is 6.38. The Morgan fingerprint density at radius 3 is 2.32 bits per heavy atom. The summed E-state index contributed by atoms with van der Waals surface area (Å²) in [6.45, 7) is 12.9. The molecule has 1 aromatic heterocycles. The maximum absolute atomic E-state index is 10.9. The molecule has 0 aromatic carbocycles. The highest BCUT2D eigenvalue weighted by atomic mass is 28.4. The van der Waals surface area contributed by atoms with Gasteiger partial charge >= 0.3 is 0 Å². The summed E-state index contributed by atoms with van der Waals surface area (Å²) in [7, 11) is -4.07. The molecule has 19 heavy (non-hydrogen) atoms. The predicted octanol–water partition coefficient (Wildman–Crippen LogP) is 2.22. The third kappa shape index (κ3) is 6.74. The highest BCUT2D eigenvalue weighted by Crippen LogP contribution is 2.19. The lowest BCUT2D eigenvalue weighted by Crippen LogP contribution is -2.33. The third-order valence-corrected chi connectivity index (χ3v) is 4.29. The standard InChI is InChI=1S/C11H23N3O2Si3/c1-18(2,3)14-9-7-11(16-19(4,5)6)13-10(12-9)8-17-15/h7,17H,8H2,1-6H3,(H,12,13,14). The van der Waals surface area contributed by atoms with Gasteiger partial charge in [0.25, 0.3) is 9.41 Å². The molecule has 0 aliphatic carbocycles.